The molecule has 0 atom stereocenters. The van der Waals surface area contributed by atoms with E-state index in [4.69, 9.17) is 9.84 Å². The standard InChI is InChI=1S/C12H17BrN2O2/c13-11-2-1-3-12(14-11)15-6-4-10(5-7-15)17-9-8-16/h1-3,10,16H,4-9H2. The Hall–Kier alpha value is -0.650. The summed E-state index contributed by atoms with van der Waals surface area (Å²) in [6.07, 6.45) is 2.27. The molecule has 2 rings (SSSR count). The van der Waals surface area contributed by atoms with Crippen molar-refractivity contribution in [2.75, 3.05) is 31.2 Å². The van der Waals surface area contributed by atoms with Crippen LogP contribution in [-0.4, -0.2) is 42.5 Å². The van der Waals surface area contributed by atoms with E-state index in [1.165, 1.54) is 0 Å². The van der Waals surface area contributed by atoms with Gasteiger partial charge in [-0.25, -0.2) is 4.98 Å². The lowest BCUT2D eigenvalue weighted by Crippen LogP contribution is -2.37. The minimum atomic E-state index is 0.105. The quantitative estimate of drug-likeness (QED) is 0.862. The molecule has 1 aliphatic heterocycles. The molecule has 2 heterocycles. The van der Waals surface area contributed by atoms with Crippen LogP contribution < -0.4 is 4.90 Å². The van der Waals surface area contributed by atoms with Crippen LogP contribution in [0.4, 0.5) is 5.82 Å². The Bertz CT molecular complexity index is 354. The molecule has 0 aliphatic carbocycles. The number of nitrogens with zero attached hydrogens (tertiary/aromatic N) is 2. The van der Waals surface area contributed by atoms with Crippen molar-refractivity contribution in [3.8, 4) is 0 Å². The third kappa shape index (κ3) is 3.66. The van der Waals surface area contributed by atoms with Crippen LogP contribution in [0.3, 0.4) is 0 Å². The molecule has 0 unspecified atom stereocenters. The van der Waals surface area contributed by atoms with Gasteiger partial charge in [0.2, 0.25) is 0 Å². The van der Waals surface area contributed by atoms with Crippen molar-refractivity contribution >= 4 is 21.7 Å². The van der Waals surface area contributed by atoms with Crippen molar-refractivity contribution in [1.82, 2.24) is 4.98 Å². The maximum absolute atomic E-state index is 8.71. The zero-order chi connectivity index (χ0) is 12.1. The number of hydrogen-bond acceptors (Lipinski definition) is 4. The average molecular weight is 301 g/mol. The number of ether oxygens (including phenoxy) is 1. The second-order valence-corrected chi connectivity index (χ2v) is 4.91. The van der Waals surface area contributed by atoms with Gasteiger partial charge in [0.25, 0.3) is 0 Å². The molecule has 5 heteroatoms. The largest absolute Gasteiger partial charge is 0.394 e. The molecule has 1 N–H and O–H groups in total. The summed E-state index contributed by atoms with van der Waals surface area (Å²) < 4.78 is 6.40. The normalized spacial score (nSPS) is 17.4. The predicted octanol–water partition coefficient (Wildman–Crippen LogP) is 1.82. The van der Waals surface area contributed by atoms with Crippen LogP contribution in [0.15, 0.2) is 22.8 Å². The van der Waals surface area contributed by atoms with Crippen LogP contribution in [0.25, 0.3) is 0 Å². The highest BCUT2D eigenvalue weighted by Crippen LogP contribution is 2.21. The van der Waals surface area contributed by atoms with Gasteiger partial charge in [-0.05, 0) is 40.9 Å². The van der Waals surface area contributed by atoms with E-state index in [0.29, 0.717) is 6.61 Å². The molecule has 1 saturated heterocycles. The smallest absolute Gasteiger partial charge is 0.129 e. The van der Waals surface area contributed by atoms with E-state index in [-0.39, 0.29) is 12.7 Å². The Morgan fingerprint density at radius 2 is 2.18 bits per heavy atom. The summed E-state index contributed by atoms with van der Waals surface area (Å²) in [5.41, 5.74) is 0. The maximum Gasteiger partial charge on any atom is 0.129 e. The topological polar surface area (TPSA) is 45.6 Å². The van der Waals surface area contributed by atoms with Crippen molar-refractivity contribution in [3.05, 3.63) is 22.8 Å². The fraction of sp³-hybridized carbons (Fsp3) is 0.583. The molecule has 1 aromatic heterocycles. The molecule has 0 bridgehead atoms. The van der Waals surface area contributed by atoms with Crippen LogP contribution in [0, 0.1) is 0 Å². The molecular formula is C12H17BrN2O2. The van der Waals surface area contributed by atoms with Crippen molar-refractivity contribution in [3.63, 3.8) is 0 Å². The van der Waals surface area contributed by atoms with Gasteiger partial charge in [-0.15, -0.1) is 0 Å². The second kappa shape index (κ2) is 6.33. The highest BCUT2D eigenvalue weighted by atomic mass is 79.9. The molecule has 1 aromatic rings. The summed E-state index contributed by atoms with van der Waals surface area (Å²) >= 11 is 3.38. The molecule has 94 valence electrons. The summed E-state index contributed by atoms with van der Waals surface area (Å²) in [5, 5.41) is 8.71. The Kier molecular flexibility index (Phi) is 4.76. The molecule has 0 spiro atoms. The van der Waals surface area contributed by atoms with Crippen LogP contribution >= 0.6 is 15.9 Å². The molecule has 4 nitrogen and oxygen atoms in total. The predicted molar refractivity (Wildman–Crippen MR) is 70.2 cm³/mol. The number of anilines is 1. The van der Waals surface area contributed by atoms with E-state index in [2.05, 4.69) is 25.8 Å². The first-order chi connectivity index (χ1) is 8.29. The monoisotopic (exact) mass is 300 g/mol. The molecule has 17 heavy (non-hydrogen) atoms. The van der Waals surface area contributed by atoms with Gasteiger partial charge in [-0.2, -0.15) is 0 Å². The van der Waals surface area contributed by atoms with Crippen molar-refractivity contribution in [2.24, 2.45) is 0 Å². The molecule has 0 amide bonds. The minimum Gasteiger partial charge on any atom is -0.394 e. The van der Waals surface area contributed by atoms with Gasteiger partial charge in [-0.1, -0.05) is 6.07 Å². The molecule has 0 saturated carbocycles. The maximum atomic E-state index is 8.71. The summed E-state index contributed by atoms with van der Waals surface area (Å²) in [6, 6.07) is 5.96. The van der Waals surface area contributed by atoms with Gasteiger partial charge in [0.1, 0.15) is 10.4 Å². The molecule has 1 fully saturated rings. The van der Waals surface area contributed by atoms with Crippen LogP contribution in [-0.2, 0) is 4.74 Å². The van der Waals surface area contributed by atoms with Gasteiger partial charge < -0.3 is 14.7 Å². The van der Waals surface area contributed by atoms with Crippen LogP contribution in [0.2, 0.25) is 0 Å². The number of rotatable bonds is 4. The number of aromatic nitrogens is 1. The van der Waals surface area contributed by atoms with E-state index >= 15 is 0 Å². The first kappa shape index (κ1) is 12.8. The average Bonchev–Trinajstić information content (AvgIpc) is 2.37. The summed E-state index contributed by atoms with van der Waals surface area (Å²) in [4.78, 5) is 6.71. The van der Waals surface area contributed by atoms with Crippen molar-refractivity contribution in [1.29, 1.82) is 0 Å². The van der Waals surface area contributed by atoms with E-state index < -0.39 is 0 Å². The number of hydrogen-bond donors (Lipinski definition) is 1. The Morgan fingerprint density at radius 3 is 2.82 bits per heavy atom. The highest BCUT2D eigenvalue weighted by molar-refractivity contribution is 9.10. The summed E-state index contributed by atoms with van der Waals surface area (Å²) in [7, 11) is 0. The molecular weight excluding hydrogens is 284 g/mol. The lowest BCUT2D eigenvalue weighted by Gasteiger charge is -2.32. The molecule has 1 aliphatic rings. The Balaban J connectivity index is 1.86. The van der Waals surface area contributed by atoms with E-state index in [1.54, 1.807) is 0 Å². The Labute approximate surface area is 110 Å². The van der Waals surface area contributed by atoms with Crippen molar-refractivity contribution < 1.29 is 9.84 Å². The lowest BCUT2D eigenvalue weighted by molar-refractivity contribution is 0.0158. The van der Waals surface area contributed by atoms with Gasteiger partial charge >= 0.3 is 0 Å². The minimum absolute atomic E-state index is 0.105. The third-order valence-corrected chi connectivity index (χ3v) is 3.35. The van der Waals surface area contributed by atoms with Crippen LogP contribution in [0.5, 0.6) is 0 Å². The van der Waals surface area contributed by atoms with E-state index in [9.17, 15) is 0 Å². The van der Waals surface area contributed by atoms with E-state index in [0.717, 1.165) is 36.4 Å². The van der Waals surface area contributed by atoms with Gasteiger partial charge in [0, 0.05) is 13.1 Å². The second-order valence-electron chi connectivity index (χ2n) is 4.10. The summed E-state index contributed by atoms with van der Waals surface area (Å²) in [5.74, 6) is 1.01. The van der Waals surface area contributed by atoms with Crippen molar-refractivity contribution in [2.45, 2.75) is 18.9 Å². The number of pyridine rings is 1. The van der Waals surface area contributed by atoms with Gasteiger partial charge in [-0.3, -0.25) is 0 Å². The number of aliphatic hydroxyl groups excluding tert-OH is 1. The third-order valence-electron chi connectivity index (χ3n) is 2.91. The van der Waals surface area contributed by atoms with E-state index in [1.807, 2.05) is 18.2 Å². The summed E-state index contributed by atoms with van der Waals surface area (Å²) in [6.45, 7) is 2.46. The first-order valence-electron chi connectivity index (χ1n) is 5.89. The molecule has 0 aromatic carbocycles. The fourth-order valence-corrected chi connectivity index (χ4v) is 2.38. The Morgan fingerprint density at radius 1 is 1.41 bits per heavy atom. The van der Waals surface area contributed by atoms with Crippen LogP contribution in [0.1, 0.15) is 12.8 Å². The number of halogens is 1. The lowest BCUT2D eigenvalue weighted by atomic mass is 10.1. The van der Waals surface area contributed by atoms with Gasteiger partial charge in [0.05, 0.1) is 19.3 Å². The van der Waals surface area contributed by atoms with Gasteiger partial charge in [0.15, 0.2) is 0 Å². The number of aliphatic hydroxyl groups is 1. The zero-order valence-corrected chi connectivity index (χ0v) is 11.3. The SMILES string of the molecule is OCCOC1CCN(c2cccc(Br)n2)CC1. The molecule has 0 radical (unpaired) electrons. The highest BCUT2D eigenvalue weighted by Gasteiger charge is 2.20. The zero-order valence-electron chi connectivity index (χ0n) is 9.68. The number of piperidine rings is 1. The first-order valence-corrected chi connectivity index (χ1v) is 6.69. The fourth-order valence-electron chi connectivity index (χ4n) is 2.04.